The number of carbonyl (C=O) groups excluding carboxylic acids is 1. The van der Waals surface area contributed by atoms with E-state index in [2.05, 4.69) is 5.32 Å². The van der Waals surface area contributed by atoms with Crippen LogP contribution in [0, 0.1) is 0 Å². The van der Waals surface area contributed by atoms with E-state index in [9.17, 15) is 9.59 Å². The molecule has 0 fully saturated rings. The number of hydrogen-bond donors (Lipinski definition) is 1. The van der Waals surface area contributed by atoms with Gasteiger partial charge in [0.1, 0.15) is 5.58 Å². The zero-order valence-corrected chi connectivity index (χ0v) is 14.9. The molecule has 4 rings (SSSR count). The van der Waals surface area contributed by atoms with E-state index in [0.29, 0.717) is 33.0 Å². The summed E-state index contributed by atoms with van der Waals surface area (Å²) in [4.78, 5) is 24.6. The molecule has 0 saturated heterocycles. The summed E-state index contributed by atoms with van der Waals surface area (Å²) >= 11 is 6.05. The van der Waals surface area contributed by atoms with Crippen molar-refractivity contribution in [2.45, 2.75) is 0 Å². The van der Waals surface area contributed by atoms with Crippen molar-refractivity contribution < 1.29 is 9.21 Å². The van der Waals surface area contributed by atoms with E-state index >= 15 is 0 Å². The minimum atomic E-state index is -0.401. The van der Waals surface area contributed by atoms with Crippen LogP contribution in [0.25, 0.3) is 22.1 Å². The molecule has 0 radical (unpaired) electrons. The van der Waals surface area contributed by atoms with E-state index in [4.69, 9.17) is 16.0 Å². The first kappa shape index (κ1) is 17.1. The highest BCUT2D eigenvalue weighted by Crippen LogP contribution is 2.23. The Morgan fingerprint density at radius 3 is 2.37 bits per heavy atom. The van der Waals surface area contributed by atoms with Gasteiger partial charge in [0, 0.05) is 11.1 Å². The third-order valence-electron chi connectivity index (χ3n) is 4.21. The van der Waals surface area contributed by atoms with Gasteiger partial charge in [-0.3, -0.25) is 4.79 Å². The molecule has 0 bridgehead atoms. The summed E-state index contributed by atoms with van der Waals surface area (Å²) in [6.07, 6.45) is 0. The highest BCUT2D eigenvalue weighted by atomic mass is 35.5. The molecule has 5 heteroatoms. The molecule has 4 aromatic rings. The van der Waals surface area contributed by atoms with E-state index < -0.39 is 5.63 Å². The Balaban J connectivity index is 1.61. The van der Waals surface area contributed by atoms with Crippen LogP contribution < -0.4 is 10.9 Å². The Kier molecular flexibility index (Phi) is 4.48. The zero-order valence-electron chi connectivity index (χ0n) is 14.1. The lowest BCUT2D eigenvalue weighted by Gasteiger charge is -2.08. The minimum Gasteiger partial charge on any atom is -0.422 e. The van der Waals surface area contributed by atoms with Gasteiger partial charge in [-0.15, -0.1) is 0 Å². The molecular formula is C22H14ClNO3. The summed E-state index contributed by atoms with van der Waals surface area (Å²) in [6.45, 7) is 0. The van der Waals surface area contributed by atoms with Crippen molar-refractivity contribution in [3.05, 3.63) is 99.9 Å². The van der Waals surface area contributed by atoms with Crippen LogP contribution in [0.4, 0.5) is 5.69 Å². The molecule has 0 unspecified atom stereocenters. The van der Waals surface area contributed by atoms with Crippen molar-refractivity contribution in [1.82, 2.24) is 0 Å². The summed E-state index contributed by atoms with van der Waals surface area (Å²) in [5.41, 5.74) is 2.34. The molecule has 3 aromatic carbocycles. The average molecular weight is 376 g/mol. The second-order valence-electron chi connectivity index (χ2n) is 6.00. The smallest absolute Gasteiger partial charge is 0.344 e. The van der Waals surface area contributed by atoms with E-state index in [1.807, 2.05) is 18.2 Å². The lowest BCUT2D eigenvalue weighted by molar-refractivity contribution is 0.102. The van der Waals surface area contributed by atoms with Crippen LogP contribution in [0.2, 0.25) is 5.02 Å². The molecule has 1 heterocycles. The lowest BCUT2D eigenvalue weighted by Crippen LogP contribution is -2.12. The van der Waals surface area contributed by atoms with Gasteiger partial charge in [-0.05, 0) is 42.0 Å². The Labute approximate surface area is 160 Å². The van der Waals surface area contributed by atoms with E-state index in [1.54, 1.807) is 60.7 Å². The molecule has 0 aliphatic heterocycles. The van der Waals surface area contributed by atoms with Crippen LogP contribution >= 0.6 is 11.6 Å². The third kappa shape index (κ3) is 3.48. The zero-order chi connectivity index (χ0) is 18.8. The van der Waals surface area contributed by atoms with Crippen LogP contribution in [-0.4, -0.2) is 5.91 Å². The minimum absolute atomic E-state index is 0.293. The molecule has 132 valence electrons. The number of rotatable bonds is 3. The van der Waals surface area contributed by atoms with E-state index in [1.165, 1.54) is 0 Å². The van der Waals surface area contributed by atoms with Crippen LogP contribution in [0.3, 0.4) is 0 Å². The maximum Gasteiger partial charge on any atom is 0.344 e. The largest absolute Gasteiger partial charge is 0.422 e. The van der Waals surface area contributed by atoms with Crippen LogP contribution in [0.1, 0.15) is 10.4 Å². The molecule has 0 aliphatic rings. The van der Waals surface area contributed by atoms with Crippen molar-refractivity contribution >= 4 is 34.2 Å². The molecular weight excluding hydrogens is 362 g/mol. The van der Waals surface area contributed by atoms with E-state index in [0.717, 1.165) is 5.39 Å². The number of carbonyl (C=O) groups is 1. The average Bonchev–Trinajstić information content (AvgIpc) is 2.68. The number of amides is 1. The highest BCUT2D eigenvalue weighted by Gasteiger charge is 2.11. The molecule has 4 nitrogen and oxygen atoms in total. The van der Waals surface area contributed by atoms with Gasteiger partial charge in [-0.25, -0.2) is 4.79 Å². The number of halogens is 1. The van der Waals surface area contributed by atoms with Crippen molar-refractivity contribution in [2.24, 2.45) is 0 Å². The molecule has 0 aliphatic carbocycles. The summed E-state index contributed by atoms with van der Waals surface area (Å²) in [5.74, 6) is -0.293. The molecule has 0 atom stereocenters. The van der Waals surface area contributed by atoms with Gasteiger partial charge in [0.05, 0.1) is 16.1 Å². The van der Waals surface area contributed by atoms with Gasteiger partial charge in [-0.1, -0.05) is 54.1 Å². The standard InChI is InChI=1S/C22H14ClNO3/c23-19-7-3-2-6-17(19)21(25)24-16-11-9-14(10-12-16)18-13-15-5-1-4-8-20(15)27-22(18)26/h1-13H,(H,24,25). The summed E-state index contributed by atoms with van der Waals surface area (Å²) in [6, 6.07) is 23.0. The van der Waals surface area contributed by atoms with Crippen molar-refractivity contribution in [2.75, 3.05) is 5.32 Å². The molecule has 1 N–H and O–H groups in total. The van der Waals surface area contributed by atoms with Crippen molar-refractivity contribution in [1.29, 1.82) is 0 Å². The molecule has 1 aromatic heterocycles. The number of fused-ring (bicyclic) bond motifs is 1. The monoisotopic (exact) mass is 375 g/mol. The predicted octanol–water partition coefficient (Wildman–Crippen LogP) is 5.37. The predicted molar refractivity (Wildman–Crippen MR) is 107 cm³/mol. The molecule has 1 amide bonds. The number of nitrogens with one attached hydrogen (secondary N) is 1. The Morgan fingerprint density at radius 2 is 1.59 bits per heavy atom. The Morgan fingerprint density at radius 1 is 0.889 bits per heavy atom. The maximum absolute atomic E-state index is 12.3. The van der Waals surface area contributed by atoms with Gasteiger partial charge >= 0.3 is 5.63 Å². The topological polar surface area (TPSA) is 59.3 Å². The SMILES string of the molecule is O=C(Nc1ccc(-c2cc3ccccc3oc2=O)cc1)c1ccccc1Cl. The summed E-state index contributed by atoms with van der Waals surface area (Å²) < 4.78 is 5.37. The first-order valence-corrected chi connectivity index (χ1v) is 8.69. The summed E-state index contributed by atoms with van der Waals surface area (Å²) in [7, 11) is 0. The second kappa shape index (κ2) is 7.09. The van der Waals surface area contributed by atoms with Crippen molar-refractivity contribution in [3.8, 4) is 11.1 Å². The fourth-order valence-corrected chi connectivity index (χ4v) is 3.06. The normalized spacial score (nSPS) is 10.7. The number of anilines is 1. The molecule has 0 spiro atoms. The van der Waals surface area contributed by atoms with Gasteiger partial charge in [0.2, 0.25) is 0 Å². The molecule has 27 heavy (non-hydrogen) atoms. The first-order chi connectivity index (χ1) is 13.1. The lowest BCUT2D eigenvalue weighted by atomic mass is 10.1. The molecule has 0 saturated carbocycles. The van der Waals surface area contributed by atoms with Crippen LogP contribution in [0.15, 0.2) is 88.1 Å². The Hall–Kier alpha value is -3.37. The van der Waals surface area contributed by atoms with Gasteiger partial charge in [0.15, 0.2) is 0 Å². The first-order valence-electron chi connectivity index (χ1n) is 8.31. The number of benzene rings is 3. The van der Waals surface area contributed by atoms with Crippen LogP contribution in [0.5, 0.6) is 0 Å². The summed E-state index contributed by atoms with van der Waals surface area (Å²) in [5, 5.41) is 4.04. The quantitative estimate of drug-likeness (QED) is 0.490. The van der Waals surface area contributed by atoms with Gasteiger partial charge in [-0.2, -0.15) is 0 Å². The van der Waals surface area contributed by atoms with E-state index in [-0.39, 0.29) is 5.91 Å². The van der Waals surface area contributed by atoms with Crippen molar-refractivity contribution in [3.63, 3.8) is 0 Å². The van der Waals surface area contributed by atoms with Gasteiger partial charge < -0.3 is 9.73 Å². The number of para-hydroxylation sites is 1. The Bertz CT molecular complexity index is 1200. The highest BCUT2D eigenvalue weighted by molar-refractivity contribution is 6.34. The third-order valence-corrected chi connectivity index (χ3v) is 4.54. The second-order valence-corrected chi connectivity index (χ2v) is 6.40. The fourth-order valence-electron chi connectivity index (χ4n) is 2.84. The maximum atomic E-state index is 12.3. The van der Waals surface area contributed by atoms with Crippen LogP contribution in [-0.2, 0) is 0 Å². The number of hydrogen-bond acceptors (Lipinski definition) is 3. The van der Waals surface area contributed by atoms with Gasteiger partial charge in [0.25, 0.3) is 5.91 Å². The fraction of sp³-hybridized carbons (Fsp3) is 0.